The lowest BCUT2D eigenvalue weighted by Crippen LogP contribution is -2.20. The third-order valence-corrected chi connectivity index (χ3v) is 7.59. The van der Waals surface area contributed by atoms with Gasteiger partial charge in [0.25, 0.3) is 0 Å². The number of hydrogen-bond donors (Lipinski definition) is 2. The van der Waals surface area contributed by atoms with E-state index in [4.69, 9.17) is 0 Å². The smallest absolute Gasteiger partial charge is 0.308 e. The summed E-state index contributed by atoms with van der Waals surface area (Å²) in [5.74, 6) is 0.616. The zero-order chi connectivity index (χ0) is 27.9. The molecule has 0 spiro atoms. The molecule has 0 radical (unpaired) electrons. The minimum Gasteiger partial charge on any atom is -0.308 e. The maximum atomic E-state index is 12.6. The van der Waals surface area contributed by atoms with Crippen molar-refractivity contribution in [3.8, 4) is 22.4 Å². The summed E-state index contributed by atoms with van der Waals surface area (Å²) in [6, 6.07) is 19.8. The molecule has 0 bridgehead atoms. The standard InChI is InChI=1S/C29H30N6O3S/c1-29(2,3)25-17-27(34(4)33-25)32-28(36)31-22-10-6-20(7-11-22)24-18-30-26-16-21(14-15-35(24)26)19-8-12-23(13-9-19)39(5,37)38/h6-18H,1-5H3,(H2,31,32,36). The van der Waals surface area contributed by atoms with Crippen LogP contribution in [0.15, 0.2) is 84.0 Å². The second-order valence-corrected chi connectivity index (χ2v) is 12.5. The Morgan fingerprint density at radius 1 is 0.872 bits per heavy atom. The van der Waals surface area contributed by atoms with Crippen molar-refractivity contribution in [2.24, 2.45) is 7.05 Å². The number of nitrogens with zero attached hydrogens (tertiary/aromatic N) is 4. The molecular formula is C29H30N6O3S. The van der Waals surface area contributed by atoms with Gasteiger partial charge in [-0.05, 0) is 47.5 Å². The van der Waals surface area contributed by atoms with Crippen molar-refractivity contribution in [3.63, 3.8) is 0 Å². The van der Waals surface area contributed by atoms with E-state index >= 15 is 0 Å². The van der Waals surface area contributed by atoms with Gasteiger partial charge < -0.3 is 5.32 Å². The first-order valence-corrected chi connectivity index (χ1v) is 14.3. The SMILES string of the molecule is Cn1nc(C(C)(C)C)cc1NC(=O)Nc1ccc(-c2cnc3cc(-c4ccc(S(C)(=O)=O)cc4)ccn23)cc1. The van der Waals surface area contributed by atoms with Gasteiger partial charge in [0.1, 0.15) is 11.5 Å². The number of sulfone groups is 1. The fourth-order valence-corrected chi connectivity index (χ4v) is 4.85. The largest absolute Gasteiger partial charge is 0.324 e. The zero-order valence-corrected chi connectivity index (χ0v) is 23.2. The molecule has 0 aliphatic rings. The Bertz CT molecular complexity index is 1780. The van der Waals surface area contributed by atoms with Crippen molar-refractivity contribution in [1.82, 2.24) is 19.2 Å². The van der Waals surface area contributed by atoms with E-state index in [9.17, 15) is 13.2 Å². The summed E-state index contributed by atoms with van der Waals surface area (Å²) in [4.78, 5) is 17.4. The maximum absolute atomic E-state index is 12.6. The first-order chi connectivity index (χ1) is 18.4. The quantitative estimate of drug-likeness (QED) is 0.294. The Hall–Kier alpha value is -4.44. The van der Waals surface area contributed by atoms with Crippen LogP contribution < -0.4 is 10.6 Å². The summed E-state index contributed by atoms with van der Waals surface area (Å²) in [7, 11) is -1.44. The number of fused-ring (bicyclic) bond motifs is 1. The van der Waals surface area contributed by atoms with E-state index in [1.807, 2.05) is 53.1 Å². The zero-order valence-electron chi connectivity index (χ0n) is 22.4. The van der Waals surface area contributed by atoms with Crippen molar-refractivity contribution in [2.75, 3.05) is 16.9 Å². The normalized spacial score (nSPS) is 12.0. The number of nitrogens with one attached hydrogen (secondary N) is 2. The molecule has 0 unspecified atom stereocenters. The van der Waals surface area contributed by atoms with Crippen LogP contribution in [0.2, 0.25) is 0 Å². The van der Waals surface area contributed by atoms with Gasteiger partial charge in [-0.3, -0.25) is 14.4 Å². The average Bonchev–Trinajstić information content (AvgIpc) is 3.47. The second kappa shape index (κ2) is 9.70. The fraction of sp³-hybridized carbons (Fsp3) is 0.207. The molecule has 0 aliphatic heterocycles. The number of pyridine rings is 1. The predicted octanol–water partition coefficient (Wildman–Crippen LogP) is 5.75. The Balaban J connectivity index is 1.30. The molecule has 200 valence electrons. The highest BCUT2D eigenvalue weighted by atomic mass is 32.2. The number of amides is 2. The topological polar surface area (TPSA) is 110 Å². The average molecular weight is 543 g/mol. The highest BCUT2D eigenvalue weighted by Crippen LogP contribution is 2.27. The molecule has 2 aromatic carbocycles. The number of benzene rings is 2. The molecule has 5 rings (SSSR count). The van der Waals surface area contributed by atoms with E-state index in [1.54, 1.807) is 42.2 Å². The summed E-state index contributed by atoms with van der Waals surface area (Å²) in [5.41, 5.74) is 5.90. The molecule has 0 fully saturated rings. The third kappa shape index (κ3) is 5.56. The van der Waals surface area contributed by atoms with Gasteiger partial charge >= 0.3 is 6.03 Å². The first kappa shape index (κ1) is 26.2. The molecule has 2 amide bonds. The minimum atomic E-state index is -3.24. The number of anilines is 2. The highest BCUT2D eigenvalue weighted by Gasteiger charge is 2.19. The predicted molar refractivity (Wildman–Crippen MR) is 154 cm³/mol. The van der Waals surface area contributed by atoms with Crippen LogP contribution in [0, 0.1) is 0 Å². The van der Waals surface area contributed by atoms with Gasteiger partial charge in [-0.15, -0.1) is 0 Å². The number of aromatic nitrogens is 4. The monoisotopic (exact) mass is 542 g/mol. The van der Waals surface area contributed by atoms with Gasteiger partial charge in [0.05, 0.1) is 22.5 Å². The first-order valence-electron chi connectivity index (χ1n) is 12.4. The molecule has 2 N–H and O–H groups in total. The van der Waals surface area contributed by atoms with Crippen molar-refractivity contribution in [3.05, 3.63) is 84.8 Å². The van der Waals surface area contributed by atoms with Crippen LogP contribution in [0.3, 0.4) is 0 Å². The van der Waals surface area contributed by atoms with Gasteiger partial charge in [-0.2, -0.15) is 5.10 Å². The molecule has 0 aliphatic carbocycles. The molecular weight excluding hydrogens is 512 g/mol. The van der Waals surface area contributed by atoms with Crippen LogP contribution in [-0.2, 0) is 22.3 Å². The molecule has 9 nitrogen and oxygen atoms in total. The van der Waals surface area contributed by atoms with E-state index in [0.29, 0.717) is 11.5 Å². The Morgan fingerprint density at radius 3 is 2.15 bits per heavy atom. The minimum absolute atomic E-state index is 0.116. The molecule has 10 heteroatoms. The number of rotatable bonds is 5. The maximum Gasteiger partial charge on any atom is 0.324 e. The Kier molecular flexibility index (Phi) is 6.51. The molecule has 39 heavy (non-hydrogen) atoms. The number of carbonyl (C=O) groups excluding carboxylic acids is 1. The second-order valence-electron chi connectivity index (χ2n) is 10.5. The van der Waals surface area contributed by atoms with Crippen molar-refractivity contribution >= 4 is 33.0 Å². The van der Waals surface area contributed by atoms with E-state index in [-0.39, 0.29) is 16.3 Å². The van der Waals surface area contributed by atoms with Crippen LogP contribution in [0.5, 0.6) is 0 Å². The number of hydrogen-bond acceptors (Lipinski definition) is 5. The van der Waals surface area contributed by atoms with Gasteiger partial charge in [0.15, 0.2) is 9.84 Å². The van der Waals surface area contributed by atoms with Crippen LogP contribution in [0.1, 0.15) is 26.5 Å². The van der Waals surface area contributed by atoms with E-state index in [2.05, 4.69) is 41.5 Å². The highest BCUT2D eigenvalue weighted by molar-refractivity contribution is 7.90. The van der Waals surface area contributed by atoms with Crippen LogP contribution in [0.25, 0.3) is 28.0 Å². The van der Waals surface area contributed by atoms with E-state index < -0.39 is 9.84 Å². The lowest BCUT2D eigenvalue weighted by molar-refractivity contribution is 0.262. The van der Waals surface area contributed by atoms with E-state index in [1.165, 1.54) is 6.26 Å². The summed E-state index contributed by atoms with van der Waals surface area (Å²) in [6.07, 6.45) is 4.94. The van der Waals surface area contributed by atoms with Gasteiger partial charge in [-0.1, -0.05) is 45.0 Å². The summed E-state index contributed by atoms with van der Waals surface area (Å²) in [6.45, 7) is 6.22. The number of urea groups is 1. The molecule has 5 aromatic rings. The van der Waals surface area contributed by atoms with Crippen LogP contribution in [0.4, 0.5) is 16.3 Å². The summed E-state index contributed by atoms with van der Waals surface area (Å²) in [5, 5.41) is 10.2. The van der Waals surface area contributed by atoms with Gasteiger partial charge in [-0.25, -0.2) is 18.2 Å². The van der Waals surface area contributed by atoms with Gasteiger partial charge in [0.2, 0.25) is 0 Å². The molecule has 3 aromatic heterocycles. The van der Waals surface area contributed by atoms with Gasteiger partial charge in [0, 0.05) is 42.2 Å². The summed E-state index contributed by atoms with van der Waals surface area (Å²) < 4.78 is 27.1. The molecule has 0 saturated carbocycles. The Morgan fingerprint density at radius 2 is 1.54 bits per heavy atom. The van der Waals surface area contributed by atoms with Crippen molar-refractivity contribution in [1.29, 1.82) is 0 Å². The molecule has 0 saturated heterocycles. The number of aryl methyl sites for hydroxylation is 1. The van der Waals surface area contributed by atoms with Crippen LogP contribution in [-0.4, -0.2) is 39.9 Å². The molecule has 0 atom stereocenters. The molecule has 3 heterocycles. The summed E-state index contributed by atoms with van der Waals surface area (Å²) >= 11 is 0. The van der Waals surface area contributed by atoms with Crippen molar-refractivity contribution < 1.29 is 13.2 Å². The lowest BCUT2D eigenvalue weighted by atomic mass is 9.92. The fourth-order valence-electron chi connectivity index (χ4n) is 4.22. The Labute approximate surface area is 227 Å². The lowest BCUT2D eigenvalue weighted by Gasteiger charge is -2.13. The van der Waals surface area contributed by atoms with E-state index in [0.717, 1.165) is 33.7 Å². The van der Waals surface area contributed by atoms with Crippen molar-refractivity contribution in [2.45, 2.75) is 31.1 Å². The third-order valence-electron chi connectivity index (χ3n) is 6.46. The number of carbonyl (C=O) groups is 1. The van der Waals surface area contributed by atoms with Crippen LogP contribution >= 0.6 is 0 Å². The number of imidazole rings is 1.